The molecule has 2 nitrogen and oxygen atoms in total. The van der Waals surface area contributed by atoms with Gasteiger partial charge >= 0.3 is 0 Å². The van der Waals surface area contributed by atoms with E-state index >= 15 is 0 Å². The van der Waals surface area contributed by atoms with Crippen LogP contribution in [0.25, 0.3) is 0 Å². The minimum atomic E-state index is 0.404. The van der Waals surface area contributed by atoms with Crippen molar-refractivity contribution < 1.29 is 0 Å². The third-order valence-corrected chi connectivity index (χ3v) is 9.74. The lowest BCUT2D eigenvalue weighted by Gasteiger charge is -2.43. The summed E-state index contributed by atoms with van der Waals surface area (Å²) in [6, 6.07) is 11.4. The van der Waals surface area contributed by atoms with Gasteiger partial charge in [0.25, 0.3) is 0 Å². The maximum absolute atomic E-state index is 5.99. The summed E-state index contributed by atoms with van der Waals surface area (Å²) in [7, 11) is 0. The fraction of sp³-hybridized carbons (Fsp3) is 0.692. The molecule has 0 aromatic heterocycles. The molecule has 0 aliphatic heterocycles. The second-order valence-electron chi connectivity index (χ2n) is 10.7. The first kappa shape index (κ1) is 19.9. The molecule has 5 aliphatic rings. The molecular weight excluding hydrogens is 372 g/mol. The molecule has 3 heteroatoms. The van der Waals surface area contributed by atoms with Gasteiger partial charge in [-0.1, -0.05) is 55.9 Å². The Kier molecular flexibility index (Phi) is 5.19. The molecule has 6 rings (SSSR count). The number of nitrogens with two attached hydrogens (primary N) is 1. The van der Waals surface area contributed by atoms with Gasteiger partial charge in [0, 0.05) is 12.1 Å². The zero-order chi connectivity index (χ0) is 20.1. The topological polar surface area (TPSA) is 38.4 Å². The predicted octanol–water partition coefficient (Wildman–Crippen LogP) is 5.93. The highest BCUT2D eigenvalue weighted by atomic mass is 32.1. The zero-order valence-corrected chi connectivity index (χ0v) is 18.7. The third-order valence-electron chi connectivity index (χ3n) is 9.36. The highest BCUT2D eigenvalue weighted by Gasteiger charge is 2.67. The first-order chi connectivity index (χ1) is 14.1. The quantitative estimate of drug-likeness (QED) is 0.484. The SMILES string of the molecule is CCC12CC3CC(c4ccccc4)(CC1C3C(=S)N=CC1CCC(CN)CC1)C2. The molecule has 4 bridgehead atoms. The van der Waals surface area contributed by atoms with Crippen LogP contribution in [0.4, 0.5) is 0 Å². The molecule has 5 unspecified atom stereocenters. The van der Waals surface area contributed by atoms with E-state index < -0.39 is 0 Å². The second kappa shape index (κ2) is 7.57. The monoisotopic (exact) mass is 408 g/mol. The van der Waals surface area contributed by atoms with Gasteiger partial charge < -0.3 is 5.73 Å². The standard InChI is InChI=1S/C26H36N2S/c1-2-25-12-20-13-26(17-25,21-6-4-3-5-7-21)14-22(25)23(20)24(29)28-16-19-10-8-18(15-27)9-11-19/h3-7,16,18-20,22-23H,2,8-15,17,27H2,1H3. The van der Waals surface area contributed by atoms with E-state index in [0.717, 1.165) is 29.3 Å². The number of nitrogens with zero attached hydrogens (tertiary/aromatic N) is 1. The van der Waals surface area contributed by atoms with Gasteiger partial charge in [-0.2, -0.15) is 0 Å². The second-order valence-corrected chi connectivity index (χ2v) is 11.1. The van der Waals surface area contributed by atoms with E-state index in [1.54, 1.807) is 5.56 Å². The fourth-order valence-corrected chi connectivity index (χ4v) is 8.37. The Balaban J connectivity index is 1.32. The molecular formula is C26H36N2S. The lowest BCUT2D eigenvalue weighted by molar-refractivity contribution is 0.168. The highest BCUT2D eigenvalue weighted by Crippen LogP contribution is 2.73. The first-order valence-electron chi connectivity index (χ1n) is 11.9. The van der Waals surface area contributed by atoms with Gasteiger partial charge in [-0.25, -0.2) is 0 Å². The van der Waals surface area contributed by atoms with Gasteiger partial charge in [0.05, 0.1) is 0 Å². The van der Waals surface area contributed by atoms with Crippen molar-refractivity contribution in [2.75, 3.05) is 6.54 Å². The average molecular weight is 409 g/mol. The van der Waals surface area contributed by atoms with Crippen LogP contribution in [-0.2, 0) is 5.41 Å². The van der Waals surface area contributed by atoms with E-state index in [4.69, 9.17) is 22.9 Å². The molecule has 2 N–H and O–H groups in total. The van der Waals surface area contributed by atoms with Crippen molar-refractivity contribution in [3.63, 3.8) is 0 Å². The summed E-state index contributed by atoms with van der Waals surface area (Å²) < 4.78 is 0. The van der Waals surface area contributed by atoms with Crippen LogP contribution >= 0.6 is 12.2 Å². The number of hydrogen-bond donors (Lipinski definition) is 1. The predicted molar refractivity (Wildman–Crippen MR) is 125 cm³/mol. The van der Waals surface area contributed by atoms with Crippen molar-refractivity contribution in [1.29, 1.82) is 0 Å². The number of rotatable bonds is 5. The van der Waals surface area contributed by atoms with Crippen LogP contribution in [0.2, 0.25) is 0 Å². The summed E-state index contributed by atoms with van der Waals surface area (Å²) in [5.41, 5.74) is 8.33. The van der Waals surface area contributed by atoms with Crippen molar-refractivity contribution in [1.82, 2.24) is 0 Å². The van der Waals surface area contributed by atoms with Crippen LogP contribution < -0.4 is 5.73 Å². The zero-order valence-electron chi connectivity index (χ0n) is 17.9. The minimum Gasteiger partial charge on any atom is -0.330 e. The molecule has 29 heavy (non-hydrogen) atoms. The molecule has 1 aromatic carbocycles. The molecule has 0 saturated heterocycles. The van der Waals surface area contributed by atoms with Crippen LogP contribution in [0, 0.1) is 35.0 Å². The fourth-order valence-electron chi connectivity index (χ4n) is 7.95. The summed E-state index contributed by atoms with van der Waals surface area (Å²) in [6.07, 6.45) is 13.9. The smallest absolute Gasteiger partial charge is 0.106 e. The van der Waals surface area contributed by atoms with Crippen LogP contribution in [0.3, 0.4) is 0 Å². The Hall–Kier alpha value is -1.06. The summed E-state index contributed by atoms with van der Waals surface area (Å²) in [6.45, 7) is 3.26. The van der Waals surface area contributed by atoms with Crippen molar-refractivity contribution >= 4 is 23.4 Å². The molecule has 0 heterocycles. The molecule has 0 spiro atoms. The summed E-state index contributed by atoms with van der Waals surface area (Å²) >= 11 is 5.99. The number of hydrogen-bond acceptors (Lipinski definition) is 2. The van der Waals surface area contributed by atoms with Gasteiger partial charge in [-0.3, -0.25) is 4.99 Å². The Bertz CT molecular complexity index is 781. The largest absolute Gasteiger partial charge is 0.330 e. The summed E-state index contributed by atoms with van der Waals surface area (Å²) in [4.78, 5) is 5.98. The van der Waals surface area contributed by atoms with Crippen LogP contribution in [0.5, 0.6) is 0 Å². The molecule has 0 amide bonds. The average Bonchev–Trinajstić information content (AvgIpc) is 3.14. The maximum Gasteiger partial charge on any atom is 0.106 e. The molecule has 0 radical (unpaired) electrons. The van der Waals surface area contributed by atoms with E-state index in [-0.39, 0.29) is 0 Å². The maximum atomic E-state index is 5.99. The number of benzene rings is 1. The molecule has 1 aromatic rings. The lowest BCUT2D eigenvalue weighted by Crippen LogP contribution is -2.37. The highest BCUT2D eigenvalue weighted by molar-refractivity contribution is 7.80. The van der Waals surface area contributed by atoms with Crippen LogP contribution in [-0.4, -0.2) is 17.7 Å². The van der Waals surface area contributed by atoms with Crippen molar-refractivity contribution in [3.05, 3.63) is 35.9 Å². The van der Waals surface area contributed by atoms with Crippen molar-refractivity contribution in [3.8, 4) is 0 Å². The van der Waals surface area contributed by atoms with Gasteiger partial charge in [-0.05, 0) is 98.0 Å². The molecule has 5 saturated carbocycles. The lowest BCUT2D eigenvalue weighted by atomic mass is 9.62. The minimum absolute atomic E-state index is 0.404. The first-order valence-corrected chi connectivity index (χ1v) is 12.3. The van der Waals surface area contributed by atoms with E-state index in [0.29, 0.717) is 22.7 Å². The van der Waals surface area contributed by atoms with E-state index in [1.165, 1.54) is 57.8 Å². The van der Waals surface area contributed by atoms with Gasteiger partial charge in [0.2, 0.25) is 0 Å². The molecule has 5 fully saturated rings. The van der Waals surface area contributed by atoms with Crippen molar-refractivity contribution in [2.45, 2.75) is 70.1 Å². The van der Waals surface area contributed by atoms with E-state index in [9.17, 15) is 0 Å². The van der Waals surface area contributed by atoms with Gasteiger partial charge in [0.1, 0.15) is 4.99 Å². The Morgan fingerprint density at radius 1 is 1.14 bits per heavy atom. The third kappa shape index (κ3) is 3.24. The number of thiocarbonyl (C=S) groups is 1. The van der Waals surface area contributed by atoms with E-state index in [2.05, 4.69) is 43.5 Å². The molecule has 5 atom stereocenters. The van der Waals surface area contributed by atoms with Crippen molar-refractivity contribution in [2.24, 2.45) is 45.7 Å². The molecule has 156 valence electrons. The Labute approximate surface area is 181 Å². The van der Waals surface area contributed by atoms with Crippen LogP contribution in [0.1, 0.15) is 70.3 Å². The normalized spacial score (nSPS) is 43.3. The Morgan fingerprint density at radius 3 is 2.59 bits per heavy atom. The van der Waals surface area contributed by atoms with Gasteiger partial charge in [0.15, 0.2) is 0 Å². The molecule has 5 aliphatic carbocycles. The van der Waals surface area contributed by atoms with E-state index in [1.807, 2.05) is 0 Å². The van der Waals surface area contributed by atoms with Crippen LogP contribution in [0.15, 0.2) is 35.3 Å². The summed E-state index contributed by atoms with van der Waals surface area (Å²) in [5, 5.41) is 0. The number of aliphatic imine (C=N–C) groups is 1. The summed E-state index contributed by atoms with van der Waals surface area (Å²) in [5.74, 6) is 3.36. The Morgan fingerprint density at radius 2 is 1.90 bits per heavy atom. The van der Waals surface area contributed by atoms with Gasteiger partial charge in [-0.15, -0.1) is 0 Å².